The van der Waals surface area contributed by atoms with E-state index in [0.29, 0.717) is 37.2 Å². The summed E-state index contributed by atoms with van der Waals surface area (Å²) in [5, 5.41) is 6.45. The van der Waals surface area contributed by atoms with Crippen molar-refractivity contribution >= 4 is 5.96 Å². The van der Waals surface area contributed by atoms with Gasteiger partial charge in [0, 0.05) is 40.0 Å². The Balaban J connectivity index is 1.63. The van der Waals surface area contributed by atoms with E-state index in [4.69, 9.17) is 9.47 Å². The van der Waals surface area contributed by atoms with Gasteiger partial charge in [-0.15, -0.1) is 0 Å². The monoisotopic (exact) mass is 415 g/mol. The number of aliphatic imine (C=N–C) groups is 1. The second kappa shape index (κ2) is 12.0. The topological polar surface area (TPSA) is 54.9 Å². The highest BCUT2D eigenvalue weighted by Gasteiger charge is 2.30. The van der Waals surface area contributed by atoms with E-state index in [0.717, 1.165) is 45.1 Å². The van der Waals surface area contributed by atoms with Crippen LogP contribution in [0.25, 0.3) is 0 Å². The SMILES string of the molecule is CN=C(NCCCOC1CCOCC1)NCCC(C)c1cccc(C(F)(F)F)c1. The van der Waals surface area contributed by atoms with E-state index in [1.54, 1.807) is 13.1 Å². The zero-order valence-electron chi connectivity index (χ0n) is 17.2. The quantitative estimate of drug-likeness (QED) is 0.364. The Labute approximate surface area is 171 Å². The van der Waals surface area contributed by atoms with Gasteiger partial charge in [0.2, 0.25) is 0 Å². The van der Waals surface area contributed by atoms with Crippen molar-refractivity contribution in [2.75, 3.05) is 40.0 Å². The molecule has 1 aliphatic heterocycles. The number of rotatable bonds is 9. The van der Waals surface area contributed by atoms with Crippen LogP contribution >= 0.6 is 0 Å². The number of nitrogens with one attached hydrogen (secondary N) is 2. The number of guanidine groups is 1. The Morgan fingerprint density at radius 3 is 2.66 bits per heavy atom. The molecule has 1 atom stereocenters. The Morgan fingerprint density at radius 1 is 1.24 bits per heavy atom. The summed E-state index contributed by atoms with van der Waals surface area (Å²) in [6.07, 6.45) is -0.512. The molecule has 5 nitrogen and oxygen atoms in total. The minimum absolute atomic E-state index is 0.00998. The molecule has 8 heteroatoms. The fraction of sp³-hybridized carbons (Fsp3) is 0.667. The van der Waals surface area contributed by atoms with Crippen molar-refractivity contribution in [1.29, 1.82) is 0 Å². The zero-order chi connectivity index (χ0) is 21.1. The molecule has 1 heterocycles. The molecule has 0 amide bonds. The summed E-state index contributed by atoms with van der Waals surface area (Å²) in [5.41, 5.74) is 0.0880. The lowest BCUT2D eigenvalue weighted by molar-refractivity contribution is -0.137. The van der Waals surface area contributed by atoms with Crippen molar-refractivity contribution in [1.82, 2.24) is 10.6 Å². The number of halogens is 3. The van der Waals surface area contributed by atoms with Crippen LogP contribution in [-0.4, -0.2) is 52.0 Å². The lowest BCUT2D eigenvalue weighted by atomic mass is 9.96. The molecule has 0 saturated carbocycles. The van der Waals surface area contributed by atoms with Gasteiger partial charge in [-0.2, -0.15) is 13.2 Å². The maximum atomic E-state index is 12.9. The van der Waals surface area contributed by atoms with E-state index in [-0.39, 0.29) is 5.92 Å². The van der Waals surface area contributed by atoms with Crippen LogP contribution in [0, 0.1) is 0 Å². The van der Waals surface area contributed by atoms with E-state index in [9.17, 15) is 13.2 Å². The molecular formula is C21H32F3N3O2. The predicted octanol–water partition coefficient (Wildman–Crippen LogP) is 3.95. The van der Waals surface area contributed by atoms with E-state index >= 15 is 0 Å². The lowest BCUT2D eigenvalue weighted by Crippen LogP contribution is -2.38. The van der Waals surface area contributed by atoms with Crippen LogP contribution in [0.15, 0.2) is 29.3 Å². The van der Waals surface area contributed by atoms with Gasteiger partial charge in [0.05, 0.1) is 11.7 Å². The molecule has 2 rings (SSSR count). The maximum absolute atomic E-state index is 12.9. The first-order valence-corrected chi connectivity index (χ1v) is 10.2. The van der Waals surface area contributed by atoms with E-state index in [2.05, 4.69) is 15.6 Å². The van der Waals surface area contributed by atoms with Gasteiger partial charge in [-0.05, 0) is 43.2 Å². The second-order valence-electron chi connectivity index (χ2n) is 7.27. The van der Waals surface area contributed by atoms with Crippen LogP contribution in [-0.2, 0) is 15.7 Å². The van der Waals surface area contributed by atoms with Gasteiger partial charge in [-0.3, -0.25) is 4.99 Å². The molecule has 0 spiro atoms. The summed E-state index contributed by atoms with van der Waals surface area (Å²) in [6.45, 7) is 5.54. The molecule has 1 aromatic carbocycles. The van der Waals surface area contributed by atoms with Crippen LogP contribution in [0.5, 0.6) is 0 Å². The van der Waals surface area contributed by atoms with Crippen LogP contribution in [0.2, 0.25) is 0 Å². The summed E-state index contributed by atoms with van der Waals surface area (Å²) in [7, 11) is 1.70. The summed E-state index contributed by atoms with van der Waals surface area (Å²) < 4.78 is 49.7. The number of benzene rings is 1. The Bertz CT molecular complexity index is 632. The number of hydrogen-bond donors (Lipinski definition) is 2. The molecule has 0 aromatic heterocycles. The smallest absolute Gasteiger partial charge is 0.381 e. The highest BCUT2D eigenvalue weighted by Crippen LogP contribution is 2.31. The lowest BCUT2D eigenvalue weighted by Gasteiger charge is -2.22. The highest BCUT2D eigenvalue weighted by molar-refractivity contribution is 5.79. The van der Waals surface area contributed by atoms with E-state index in [1.807, 2.05) is 6.92 Å². The minimum atomic E-state index is -4.31. The molecule has 1 saturated heterocycles. The Hall–Kier alpha value is -1.80. The molecule has 2 N–H and O–H groups in total. The summed E-state index contributed by atoms with van der Waals surface area (Å²) >= 11 is 0. The number of hydrogen-bond acceptors (Lipinski definition) is 3. The first-order valence-electron chi connectivity index (χ1n) is 10.2. The minimum Gasteiger partial charge on any atom is -0.381 e. The molecule has 164 valence electrons. The summed E-state index contributed by atoms with van der Waals surface area (Å²) in [4.78, 5) is 4.18. The number of ether oxygens (including phenoxy) is 2. The molecule has 0 radical (unpaired) electrons. The van der Waals surface area contributed by atoms with Crippen molar-refractivity contribution in [3.05, 3.63) is 35.4 Å². The van der Waals surface area contributed by atoms with Crippen LogP contribution in [0.4, 0.5) is 13.2 Å². The third-order valence-corrected chi connectivity index (χ3v) is 5.01. The molecular weight excluding hydrogens is 383 g/mol. The summed E-state index contributed by atoms with van der Waals surface area (Å²) in [6, 6.07) is 5.54. The van der Waals surface area contributed by atoms with Gasteiger partial charge in [0.15, 0.2) is 5.96 Å². The van der Waals surface area contributed by atoms with Gasteiger partial charge in [-0.25, -0.2) is 0 Å². The van der Waals surface area contributed by atoms with Gasteiger partial charge >= 0.3 is 6.18 Å². The number of alkyl halides is 3. The first kappa shape index (κ1) is 23.5. The fourth-order valence-electron chi connectivity index (χ4n) is 3.19. The average Bonchev–Trinajstić information content (AvgIpc) is 2.72. The van der Waals surface area contributed by atoms with Crippen molar-refractivity contribution < 1.29 is 22.6 Å². The first-order chi connectivity index (χ1) is 13.9. The molecule has 1 fully saturated rings. The van der Waals surface area contributed by atoms with Crippen molar-refractivity contribution in [3.63, 3.8) is 0 Å². The van der Waals surface area contributed by atoms with Crippen molar-refractivity contribution in [2.24, 2.45) is 4.99 Å². The number of nitrogens with zero attached hydrogens (tertiary/aromatic N) is 1. The molecule has 0 aliphatic carbocycles. The highest BCUT2D eigenvalue weighted by atomic mass is 19.4. The average molecular weight is 416 g/mol. The zero-order valence-corrected chi connectivity index (χ0v) is 17.2. The fourth-order valence-corrected chi connectivity index (χ4v) is 3.19. The maximum Gasteiger partial charge on any atom is 0.416 e. The van der Waals surface area contributed by atoms with Gasteiger partial charge in [0.25, 0.3) is 0 Å². The summed E-state index contributed by atoms with van der Waals surface area (Å²) in [5.74, 6) is 0.697. The Morgan fingerprint density at radius 2 is 1.97 bits per heavy atom. The van der Waals surface area contributed by atoms with Gasteiger partial charge < -0.3 is 20.1 Å². The van der Waals surface area contributed by atoms with Crippen molar-refractivity contribution in [2.45, 2.75) is 50.8 Å². The predicted molar refractivity (Wildman–Crippen MR) is 108 cm³/mol. The standard InChI is InChI=1S/C21H32F3N3O2/c1-16(17-5-3-6-18(15-17)21(22,23)24)7-11-27-20(25-2)26-10-4-12-29-19-8-13-28-14-9-19/h3,5-6,15-16,19H,4,7-14H2,1-2H3,(H2,25,26,27). The largest absolute Gasteiger partial charge is 0.416 e. The van der Waals surface area contributed by atoms with Crippen LogP contribution in [0.3, 0.4) is 0 Å². The van der Waals surface area contributed by atoms with Crippen LogP contribution < -0.4 is 10.6 Å². The molecule has 0 bridgehead atoms. The van der Waals surface area contributed by atoms with Gasteiger partial charge in [0.1, 0.15) is 0 Å². The van der Waals surface area contributed by atoms with Crippen molar-refractivity contribution in [3.8, 4) is 0 Å². The van der Waals surface area contributed by atoms with E-state index in [1.165, 1.54) is 12.1 Å². The Kier molecular flexibility index (Phi) is 9.73. The molecule has 1 aliphatic rings. The third kappa shape index (κ3) is 8.62. The normalized spacial score (nSPS) is 17.2. The third-order valence-electron chi connectivity index (χ3n) is 5.01. The molecule has 1 unspecified atom stereocenters. The second-order valence-corrected chi connectivity index (χ2v) is 7.27. The molecule has 29 heavy (non-hydrogen) atoms. The van der Waals surface area contributed by atoms with Gasteiger partial charge in [-0.1, -0.05) is 25.1 Å². The van der Waals surface area contributed by atoms with Crippen LogP contribution in [0.1, 0.15) is 49.7 Å². The van der Waals surface area contributed by atoms with E-state index < -0.39 is 11.7 Å². The molecule has 1 aromatic rings.